The normalized spacial score (nSPS) is 14.5. The Hall–Kier alpha value is -1.67. The fourth-order valence-corrected chi connectivity index (χ4v) is 3.18. The number of methoxy groups -OCH3 is 2. The van der Waals surface area contributed by atoms with Crippen LogP contribution in [0.2, 0.25) is 0 Å². The Morgan fingerprint density at radius 2 is 1.86 bits per heavy atom. The Labute approximate surface area is 137 Å². The Balaban J connectivity index is 2.10. The second-order valence-electron chi connectivity index (χ2n) is 5.76. The van der Waals surface area contributed by atoms with Crippen LogP contribution >= 0.6 is 11.6 Å². The molecule has 3 heteroatoms. The third kappa shape index (κ3) is 2.80. The molecule has 0 amide bonds. The maximum absolute atomic E-state index is 5.96. The van der Waals surface area contributed by atoms with Crippen LogP contribution in [-0.2, 0) is 5.88 Å². The average Bonchev–Trinajstić information content (AvgIpc) is 2.52. The highest BCUT2D eigenvalue weighted by atomic mass is 35.5. The fraction of sp³-hybridized carbons (Fsp3) is 0.368. The fourth-order valence-electron chi connectivity index (χ4n) is 3.02. The number of alkyl halides is 1. The van der Waals surface area contributed by atoms with Gasteiger partial charge in [-0.25, -0.2) is 0 Å². The number of rotatable bonds is 5. The summed E-state index contributed by atoms with van der Waals surface area (Å²) in [6.07, 6.45) is 3.75. The zero-order valence-corrected chi connectivity index (χ0v) is 13.8. The molecule has 2 aromatic carbocycles. The van der Waals surface area contributed by atoms with Gasteiger partial charge < -0.3 is 9.47 Å². The van der Waals surface area contributed by atoms with Crippen LogP contribution < -0.4 is 9.47 Å². The van der Waals surface area contributed by atoms with E-state index in [0.29, 0.717) is 11.8 Å². The van der Waals surface area contributed by atoms with Gasteiger partial charge in [-0.05, 0) is 53.6 Å². The van der Waals surface area contributed by atoms with E-state index in [1.165, 1.54) is 30.4 Å². The first kappa shape index (κ1) is 15.2. The minimum absolute atomic E-state index is 0.524. The largest absolute Gasteiger partial charge is 0.493 e. The summed E-state index contributed by atoms with van der Waals surface area (Å²) in [6, 6.07) is 12.6. The lowest BCUT2D eigenvalue weighted by Gasteiger charge is -2.28. The van der Waals surface area contributed by atoms with Crippen molar-refractivity contribution >= 4 is 11.6 Å². The predicted octanol–water partition coefficient (Wildman–Crippen LogP) is 5.38. The van der Waals surface area contributed by atoms with Gasteiger partial charge in [0.05, 0.1) is 14.2 Å². The van der Waals surface area contributed by atoms with Crippen molar-refractivity contribution in [1.82, 2.24) is 0 Å². The highest BCUT2D eigenvalue weighted by molar-refractivity contribution is 6.17. The maximum Gasteiger partial charge on any atom is 0.164 e. The first-order valence-corrected chi connectivity index (χ1v) is 8.21. The molecule has 116 valence electrons. The second-order valence-corrected chi connectivity index (χ2v) is 6.03. The minimum atomic E-state index is 0.524. The smallest absolute Gasteiger partial charge is 0.164 e. The topological polar surface area (TPSA) is 18.5 Å². The summed E-state index contributed by atoms with van der Waals surface area (Å²) in [4.78, 5) is 0. The molecule has 0 unspecified atom stereocenters. The standard InChI is InChI=1S/C19H21ClO2/c1-21-18-11-16(15-8-3-5-13(9-15)12-20)10-17(19(18)22-2)14-6-4-7-14/h3,5,8-11,14H,4,6-7,12H2,1-2H3. The minimum Gasteiger partial charge on any atom is -0.493 e. The van der Waals surface area contributed by atoms with Gasteiger partial charge in [-0.1, -0.05) is 24.6 Å². The Kier molecular flexibility index (Phi) is 4.58. The molecule has 0 bridgehead atoms. The van der Waals surface area contributed by atoms with Crippen molar-refractivity contribution in [1.29, 1.82) is 0 Å². The van der Waals surface area contributed by atoms with Gasteiger partial charge in [0.1, 0.15) is 0 Å². The van der Waals surface area contributed by atoms with Gasteiger partial charge in [-0.3, -0.25) is 0 Å². The molecule has 0 radical (unpaired) electrons. The lowest BCUT2D eigenvalue weighted by Crippen LogP contribution is -2.11. The first-order valence-electron chi connectivity index (χ1n) is 7.68. The van der Waals surface area contributed by atoms with Gasteiger partial charge in [0, 0.05) is 11.4 Å². The molecule has 0 heterocycles. The molecule has 3 rings (SSSR count). The molecule has 0 spiro atoms. The molecule has 1 saturated carbocycles. The zero-order chi connectivity index (χ0) is 15.5. The number of halogens is 1. The number of ether oxygens (including phenoxy) is 2. The number of benzene rings is 2. The molecule has 22 heavy (non-hydrogen) atoms. The highest BCUT2D eigenvalue weighted by Gasteiger charge is 2.25. The van der Waals surface area contributed by atoms with Crippen molar-refractivity contribution in [2.24, 2.45) is 0 Å². The molecule has 2 aromatic rings. The molecule has 0 aromatic heterocycles. The molecule has 1 fully saturated rings. The van der Waals surface area contributed by atoms with Gasteiger partial charge in [0.2, 0.25) is 0 Å². The van der Waals surface area contributed by atoms with Crippen molar-refractivity contribution in [2.45, 2.75) is 31.1 Å². The molecular weight excluding hydrogens is 296 g/mol. The van der Waals surface area contributed by atoms with Crippen molar-refractivity contribution < 1.29 is 9.47 Å². The molecule has 1 aliphatic carbocycles. The molecule has 0 N–H and O–H groups in total. The summed E-state index contributed by atoms with van der Waals surface area (Å²) in [5.74, 6) is 2.79. The van der Waals surface area contributed by atoms with E-state index < -0.39 is 0 Å². The monoisotopic (exact) mass is 316 g/mol. The summed E-state index contributed by atoms with van der Waals surface area (Å²) < 4.78 is 11.2. The van der Waals surface area contributed by atoms with E-state index in [4.69, 9.17) is 21.1 Å². The van der Waals surface area contributed by atoms with Crippen LogP contribution in [0.5, 0.6) is 11.5 Å². The third-order valence-electron chi connectivity index (χ3n) is 4.47. The van der Waals surface area contributed by atoms with E-state index in [0.717, 1.165) is 22.6 Å². The molecule has 0 aliphatic heterocycles. The summed E-state index contributed by atoms with van der Waals surface area (Å²) in [7, 11) is 3.41. The third-order valence-corrected chi connectivity index (χ3v) is 4.78. The van der Waals surface area contributed by atoms with Gasteiger partial charge in [-0.15, -0.1) is 11.6 Å². The van der Waals surface area contributed by atoms with E-state index in [-0.39, 0.29) is 0 Å². The van der Waals surface area contributed by atoms with Crippen LogP contribution in [0.3, 0.4) is 0 Å². The number of hydrogen-bond donors (Lipinski definition) is 0. The van der Waals surface area contributed by atoms with Crippen LogP contribution in [-0.4, -0.2) is 14.2 Å². The predicted molar refractivity (Wildman–Crippen MR) is 91.1 cm³/mol. The second kappa shape index (κ2) is 6.62. The molecular formula is C19H21ClO2. The van der Waals surface area contributed by atoms with Crippen LogP contribution in [0.15, 0.2) is 36.4 Å². The zero-order valence-electron chi connectivity index (χ0n) is 13.1. The quantitative estimate of drug-likeness (QED) is 0.690. The molecule has 0 saturated heterocycles. The van der Waals surface area contributed by atoms with E-state index in [9.17, 15) is 0 Å². The first-order chi connectivity index (χ1) is 10.8. The molecule has 0 atom stereocenters. The van der Waals surface area contributed by atoms with E-state index in [2.05, 4.69) is 18.2 Å². The van der Waals surface area contributed by atoms with Crippen molar-refractivity contribution in [3.63, 3.8) is 0 Å². The van der Waals surface area contributed by atoms with Crippen molar-refractivity contribution in [3.05, 3.63) is 47.5 Å². The van der Waals surface area contributed by atoms with Gasteiger partial charge in [0.25, 0.3) is 0 Å². The Morgan fingerprint density at radius 3 is 2.45 bits per heavy atom. The van der Waals surface area contributed by atoms with Gasteiger partial charge in [0.15, 0.2) is 11.5 Å². The summed E-state index contributed by atoms with van der Waals surface area (Å²) in [5, 5.41) is 0. The summed E-state index contributed by atoms with van der Waals surface area (Å²) >= 11 is 5.96. The van der Waals surface area contributed by atoms with Crippen LogP contribution in [0.1, 0.15) is 36.3 Å². The van der Waals surface area contributed by atoms with Crippen LogP contribution in [0.4, 0.5) is 0 Å². The van der Waals surface area contributed by atoms with E-state index in [1.807, 2.05) is 18.2 Å². The SMILES string of the molecule is COc1cc(-c2cccc(CCl)c2)cc(C2CCC2)c1OC. The van der Waals surface area contributed by atoms with E-state index >= 15 is 0 Å². The average molecular weight is 317 g/mol. The molecule has 1 aliphatic rings. The Bertz CT molecular complexity index is 662. The summed E-state index contributed by atoms with van der Waals surface area (Å²) in [6.45, 7) is 0. The molecule has 2 nitrogen and oxygen atoms in total. The van der Waals surface area contributed by atoms with E-state index in [1.54, 1.807) is 14.2 Å². The highest BCUT2D eigenvalue weighted by Crippen LogP contribution is 2.46. The lowest BCUT2D eigenvalue weighted by atomic mass is 9.78. The maximum atomic E-state index is 5.96. The number of hydrogen-bond acceptors (Lipinski definition) is 2. The van der Waals surface area contributed by atoms with Crippen molar-refractivity contribution in [3.8, 4) is 22.6 Å². The van der Waals surface area contributed by atoms with Crippen LogP contribution in [0.25, 0.3) is 11.1 Å². The van der Waals surface area contributed by atoms with Crippen LogP contribution in [0, 0.1) is 0 Å². The lowest BCUT2D eigenvalue weighted by molar-refractivity contribution is 0.337. The van der Waals surface area contributed by atoms with Gasteiger partial charge in [-0.2, -0.15) is 0 Å². The summed E-state index contributed by atoms with van der Waals surface area (Å²) in [5.41, 5.74) is 4.71. The Morgan fingerprint density at radius 1 is 1.05 bits per heavy atom. The van der Waals surface area contributed by atoms with Gasteiger partial charge >= 0.3 is 0 Å². The van der Waals surface area contributed by atoms with Crippen molar-refractivity contribution in [2.75, 3.05) is 14.2 Å².